The van der Waals surface area contributed by atoms with E-state index in [2.05, 4.69) is 25.2 Å². The molecule has 0 amide bonds. The number of hydrogen-bond donors (Lipinski definition) is 1. The molecule has 0 aliphatic heterocycles. The zero-order valence-corrected chi connectivity index (χ0v) is 12.9. The average molecular weight is 285 g/mol. The minimum absolute atomic E-state index is 0.0957. The molecule has 0 aliphatic rings. The number of anilines is 1. The van der Waals surface area contributed by atoms with Crippen LogP contribution in [0, 0.1) is 6.92 Å². The van der Waals surface area contributed by atoms with Gasteiger partial charge in [-0.15, -0.1) is 0 Å². The van der Waals surface area contributed by atoms with Crippen molar-refractivity contribution in [3.8, 4) is 11.5 Å². The molecule has 1 N–H and O–H groups in total. The number of ether oxygens (including phenoxy) is 2. The average Bonchev–Trinajstić information content (AvgIpc) is 2.47. The quantitative estimate of drug-likeness (QED) is 0.824. The molecule has 3 nitrogen and oxygen atoms in total. The van der Waals surface area contributed by atoms with Gasteiger partial charge in [-0.05, 0) is 62.7 Å². The van der Waals surface area contributed by atoms with Gasteiger partial charge in [0.2, 0.25) is 0 Å². The van der Waals surface area contributed by atoms with Gasteiger partial charge in [0.05, 0.1) is 13.2 Å². The molecule has 0 bridgehead atoms. The van der Waals surface area contributed by atoms with Gasteiger partial charge in [0.15, 0.2) is 0 Å². The van der Waals surface area contributed by atoms with Crippen molar-refractivity contribution in [1.29, 1.82) is 0 Å². The van der Waals surface area contributed by atoms with E-state index in [1.165, 1.54) is 5.56 Å². The highest BCUT2D eigenvalue weighted by Crippen LogP contribution is 2.17. The van der Waals surface area contributed by atoms with Crippen molar-refractivity contribution >= 4 is 5.69 Å². The Labute approximate surface area is 126 Å². The number of hydrogen-bond acceptors (Lipinski definition) is 3. The Balaban J connectivity index is 1.82. The standard InChI is InChI=1S/C18H23NO2/c1-4-20-17-10-8-16(9-11-17)19-13-15(3)21-18-7-5-6-14(2)12-18/h5-12,15,19H,4,13H2,1-3H3. The Morgan fingerprint density at radius 1 is 1.05 bits per heavy atom. The Kier molecular flexibility index (Phi) is 5.50. The zero-order chi connectivity index (χ0) is 15.1. The van der Waals surface area contributed by atoms with Gasteiger partial charge < -0.3 is 14.8 Å². The maximum atomic E-state index is 5.89. The van der Waals surface area contributed by atoms with E-state index in [0.717, 1.165) is 23.7 Å². The maximum absolute atomic E-state index is 5.89. The highest BCUT2D eigenvalue weighted by Gasteiger charge is 2.04. The third kappa shape index (κ3) is 5.03. The Morgan fingerprint density at radius 2 is 1.81 bits per heavy atom. The van der Waals surface area contributed by atoms with Gasteiger partial charge in [-0.3, -0.25) is 0 Å². The lowest BCUT2D eigenvalue weighted by Gasteiger charge is -2.16. The number of rotatable bonds is 7. The minimum atomic E-state index is 0.0957. The van der Waals surface area contributed by atoms with E-state index in [9.17, 15) is 0 Å². The van der Waals surface area contributed by atoms with Crippen molar-refractivity contribution in [3.05, 3.63) is 54.1 Å². The first kappa shape index (κ1) is 15.2. The molecule has 0 spiro atoms. The Hall–Kier alpha value is -2.16. The zero-order valence-electron chi connectivity index (χ0n) is 12.9. The molecule has 2 rings (SSSR count). The normalized spacial score (nSPS) is 11.8. The van der Waals surface area contributed by atoms with E-state index in [0.29, 0.717) is 6.61 Å². The second-order valence-corrected chi connectivity index (χ2v) is 5.08. The number of nitrogens with one attached hydrogen (secondary N) is 1. The summed E-state index contributed by atoms with van der Waals surface area (Å²) in [5, 5.41) is 3.37. The summed E-state index contributed by atoms with van der Waals surface area (Å²) in [4.78, 5) is 0. The fraction of sp³-hybridized carbons (Fsp3) is 0.333. The van der Waals surface area contributed by atoms with Crippen LogP contribution in [0.4, 0.5) is 5.69 Å². The van der Waals surface area contributed by atoms with Crippen LogP contribution in [0.3, 0.4) is 0 Å². The number of benzene rings is 2. The van der Waals surface area contributed by atoms with Crippen LogP contribution in [-0.4, -0.2) is 19.3 Å². The smallest absolute Gasteiger partial charge is 0.120 e. The molecule has 0 radical (unpaired) electrons. The SMILES string of the molecule is CCOc1ccc(NCC(C)Oc2cccc(C)c2)cc1. The van der Waals surface area contributed by atoms with Crippen molar-refractivity contribution < 1.29 is 9.47 Å². The molecule has 0 fully saturated rings. The van der Waals surface area contributed by atoms with E-state index in [1.807, 2.05) is 49.4 Å². The van der Waals surface area contributed by atoms with Gasteiger partial charge >= 0.3 is 0 Å². The largest absolute Gasteiger partial charge is 0.494 e. The van der Waals surface area contributed by atoms with E-state index < -0.39 is 0 Å². The molecule has 0 aromatic heterocycles. The summed E-state index contributed by atoms with van der Waals surface area (Å²) in [5.41, 5.74) is 2.28. The molecule has 2 aromatic rings. The highest BCUT2D eigenvalue weighted by atomic mass is 16.5. The monoisotopic (exact) mass is 285 g/mol. The summed E-state index contributed by atoms with van der Waals surface area (Å²) in [6.45, 7) is 7.55. The van der Waals surface area contributed by atoms with E-state index in [4.69, 9.17) is 9.47 Å². The van der Waals surface area contributed by atoms with E-state index in [-0.39, 0.29) is 6.10 Å². The summed E-state index contributed by atoms with van der Waals surface area (Å²) >= 11 is 0. The van der Waals surface area contributed by atoms with Gasteiger partial charge in [-0.1, -0.05) is 12.1 Å². The molecule has 3 heteroatoms. The molecular formula is C18H23NO2. The molecule has 0 heterocycles. The summed E-state index contributed by atoms with van der Waals surface area (Å²) in [5.74, 6) is 1.81. The lowest BCUT2D eigenvalue weighted by molar-refractivity contribution is 0.234. The molecular weight excluding hydrogens is 262 g/mol. The minimum Gasteiger partial charge on any atom is -0.494 e. The molecule has 1 atom stereocenters. The van der Waals surface area contributed by atoms with Crippen molar-refractivity contribution in [2.75, 3.05) is 18.5 Å². The van der Waals surface area contributed by atoms with Crippen LogP contribution in [0.15, 0.2) is 48.5 Å². The summed E-state index contributed by atoms with van der Waals surface area (Å²) in [6.07, 6.45) is 0.0957. The molecule has 112 valence electrons. The Bertz CT molecular complexity index is 551. The molecule has 21 heavy (non-hydrogen) atoms. The van der Waals surface area contributed by atoms with Gasteiger partial charge in [0.1, 0.15) is 17.6 Å². The second-order valence-electron chi connectivity index (χ2n) is 5.08. The van der Waals surface area contributed by atoms with Crippen LogP contribution in [0.1, 0.15) is 19.4 Å². The van der Waals surface area contributed by atoms with Crippen LogP contribution in [-0.2, 0) is 0 Å². The number of aryl methyl sites for hydroxylation is 1. The third-order valence-electron chi connectivity index (χ3n) is 3.09. The second kappa shape index (κ2) is 7.58. The van der Waals surface area contributed by atoms with Crippen LogP contribution in [0.5, 0.6) is 11.5 Å². The lowest BCUT2D eigenvalue weighted by atomic mass is 10.2. The summed E-state index contributed by atoms with van der Waals surface area (Å²) in [7, 11) is 0. The van der Waals surface area contributed by atoms with Crippen molar-refractivity contribution in [3.63, 3.8) is 0 Å². The van der Waals surface area contributed by atoms with Crippen LogP contribution >= 0.6 is 0 Å². The topological polar surface area (TPSA) is 30.5 Å². The molecule has 0 aliphatic carbocycles. The molecule has 0 saturated heterocycles. The molecule has 1 unspecified atom stereocenters. The summed E-state index contributed by atoms with van der Waals surface area (Å²) < 4.78 is 11.3. The fourth-order valence-corrected chi connectivity index (χ4v) is 2.06. The predicted molar refractivity (Wildman–Crippen MR) is 87.4 cm³/mol. The van der Waals surface area contributed by atoms with Crippen LogP contribution in [0.2, 0.25) is 0 Å². The van der Waals surface area contributed by atoms with Crippen molar-refractivity contribution in [2.45, 2.75) is 26.9 Å². The van der Waals surface area contributed by atoms with Crippen LogP contribution < -0.4 is 14.8 Å². The van der Waals surface area contributed by atoms with Crippen molar-refractivity contribution in [2.24, 2.45) is 0 Å². The van der Waals surface area contributed by atoms with Gasteiger partial charge in [0.25, 0.3) is 0 Å². The molecule has 0 saturated carbocycles. The van der Waals surface area contributed by atoms with Crippen LogP contribution in [0.25, 0.3) is 0 Å². The highest BCUT2D eigenvalue weighted by molar-refractivity contribution is 5.46. The van der Waals surface area contributed by atoms with Gasteiger partial charge in [0, 0.05) is 5.69 Å². The first-order valence-electron chi connectivity index (χ1n) is 7.37. The van der Waals surface area contributed by atoms with E-state index >= 15 is 0 Å². The fourth-order valence-electron chi connectivity index (χ4n) is 2.06. The first-order chi connectivity index (χ1) is 10.2. The maximum Gasteiger partial charge on any atom is 0.120 e. The predicted octanol–water partition coefficient (Wildman–Crippen LogP) is 4.27. The Morgan fingerprint density at radius 3 is 2.48 bits per heavy atom. The van der Waals surface area contributed by atoms with Crippen molar-refractivity contribution in [1.82, 2.24) is 0 Å². The third-order valence-corrected chi connectivity index (χ3v) is 3.09. The van der Waals surface area contributed by atoms with Gasteiger partial charge in [-0.2, -0.15) is 0 Å². The summed E-state index contributed by atoms with van der Waals surface area (Å²) in [6, 6.07) is 16.1. The van der Waals surface area contributed by atoms with Gasteiger partial charge in [-0.25, -0.2) is 0 Å². The molecule has 2 aromatic carbocycles. The lowest BCUT2D eigenvalue weighted by Crippen LogP contribution is -2.22. The van der Waals surface area contributed by atoms with E-state index in [1.54, 1.807) is 0 Å². The first-order valence-corrected chi connectivity index (χ1v) is 7.37.